The third-order valence-electron chi connectivity index (χ3n) is 7.49. The molecule has 3 aromatic rings. The van der Waals surface area contributed by atoms with Crippen LogP contribution in [0.1, 0.15) is 68.9 Å². The van der Waals surface area contributed by atoms with Crippen molar-refractivity contribution >= 4 is 40.5 Å². The zero-order chi connectivity index (χ0) is 27.6. The van der Waals surface area contributed by atoms with Crippen molar-refractivity contribution in [3.8, 4) is 0 Å². The molecular formula is C28H38N8O3. The van der Waals surface area contributed by atoms with Gasteiger partial charge < -0.3 is 24.8 Å². The number of anilines is 3. The highest BCUT2D eigenvalue weighted by atomic mass is 16.6. The summed E-state index contributed by atoms with van der Waals surface area (Å²) in [6, 6.07) is 5.77. The van der Waals surface area contributed by atoms with Gasteiger partial charge in [-0.25, -0.2) is 14.8 Å². The fourth-order valence-electron chi connectivity index (χ4n) is 5.41. The van der Waals surface area contributed by atoms with Crippen molar-refractivity contribution in [2.24, 2.45) is 0 Å². The molecule has 208 valence electrons. The predicted molar refractivity (Wildman–Crippen MR) is 151 cm³/mol. The van der Waals surface area contributed by atoms with Gasteiger partial charge in [-0.3, -0.25) is 9.69 Å². The number of hydrogen-bond acceptors (Lipinski definition) is 8. The molecule has 1 aliphatic heterocycles. The maximum absolute atomic E-state index is 12.9. The Morgan fingerprint density at radius 3 is 2.67 bits per heavy atom. The van der Waals surface area contributed by atoms with E-state index in [4.69, 9.17) is 9.72 Å². The Morgan fingerprint density at radius 1 is 1.18 bits per heavy atom. The second-order valence-electron chi connectivity index (χ2n) is 10.9. The molecule has 2 aliphatic rings. The van der Waals surface area contributed by atoms with Crippen molar-refractivity contribution in [1.82, 2.24) is 29.7 Å². The lowest BCUT2D eigenvalue weighted by Gasteiger charge is -2.21. The summed E-state index contributed by atoms with van der Waals surface area (Å²) in [6.45, 7) is 6.31. The van der Waals surface area contributed by atoms with Gasteiger partial charge in [0.1, 0.15) is 22.8 Å². The molecular weight excluding hydrogens is 496 g/mol. The van der Waals surface area contributed by atoms with Crippen molar-refractivity contribution < 1.29 is 14.3 Å². The molecule has 1 saturated heterocycles. The molecule has 5 rings (SSSR count). The zero-order valence-corrected chi connectivity index (χ0v) is 23.2. The Hall–Kier alpha value is -3.73. The molecule has 0 aromatic carbocycles. The normalized spacial score (nSPS) is 19.6. The average Bonchev–Trinajstić information content (AvgIpc) is 3.64. The van der Waals surface area contributed by atoms with Crippen LogP contribution in [0.3, 0.4) is 0 Å². The Kier molecular flexibility index (Phi) is 7.69. The molecule has 0 spiro atoms. The summed E-state index contributed by atoms with van der Waals surface area (Å²) < 4.78 is 7.79. The first-order valence-corrected chi connectivity index (χ1v) is 13.8. The highest BCUT2D eigenvalue weighted by molar-refractivity contribution is 5.98. The molecule has 11 heteroatoms. The summed E-state index contributed by atoms with van der Waals surface area (Å²) in [5.74, 6) is 0.915. The number of aromatic nitrogens is 4. The Morgan fingerprint density at radius 2 is 1.97 bits per heavy atom. The summed E-state index contributed by atoms with van der Waals surface area (Å²) in [6.07, 6.45) is 9.19. The van der Waals surface area contributed by atoms with Gasteiger partial charge in [-0.15, -0.1) is 0 Å². The number of cyclic esters (lactones) is 1. The van der Waals surface area contributed by atoms with E-state index < -0.39 is 5.60 Å². The first kappa shape index (κ1) is 26.9. The predicted octanol–water partition coefficient (Wildman–Crippen LogP) is 4.49. The molecule has 0 radical (unpaired) electrons. The molecule has 4 heterocycles. The van der Waals surface area contributed by atoms with E-state index in [1.165, 1.54) is 0 Å². The maximum Gasteiger partial charge on any atom is 0.415 e. The SMILES string of the molecule is CCCNCCC1(C)CN(c2ccc(Nc3ncc4cc(C(=O)N(C)C)n(C5CCCC5)c4n3)nc2)C(=O)O1. The lowest BCUT2D eigenvalue weighted by atomic mass is 10.0. The third kappa shape index (κ3) is 5.68. The first-order chi connectivity index (χ1) is 18.8. The van der Waals surface area contributed by atoms with Gasteiger partial charge in [-0.05, 0) is 57.5 Å². The smallest absolute Gasteiger partial charge is 0.415 e. The standard InChI is InChI=1S/C28H38N8O3/c1-5-13-29-14-12-28(2)18-35(27(38)39-28)21-10-11-23(30-17-21)32-26-31-16-19-15-22(25(37)34(3)4)36(24(19)33-26)20-8-6-7-9-20/h10-11,15-17,20,29H,5-9,12-14,18H2,1-4H3,(H,30,31,32,33). The minimum absolute atomic E-state index is 0.0413. The molecule has 2 amide bonds. The van der Waals surface area contributed by atoms with Crippen LogP contribution in [0.4, 0.5) is 22.2 Å². The van der Waals surface area contributed by atoms with Crippen LogP contribution >= 0.6 is 0 Å². The molecule has 39 heavy (non-hydrogen) atoms. The van der Waals surface area contributed by atoms with Crippen molar-refractivity contribution in [1.29, 1.82) is 0 Å². The summed E-state index contributed by atoms with van der Waals surface area (Å²) in [7, 11) is 3.53. The van der Waals surface area contributed by atoms with E-state index in [0.29, 0.717) is 29.7 Å². The number of ether oxygens (including phenoxy) is 1. The second kappa shape index (κ2) is 11.2. The Balaban J connectivity index is 1.32. The summed E-state index contributed by atoms with van der Waals surface area (Å²) in [5.41, 5.74) is 1.52. The quantitative estimate of drug-likeness (QED) is 0.365. The van der Waals surface area contributed by atoms with Crippen LogP contribution in [0.15, 0.2) is 30.6 Å². The molecule has 1 unspecified atom stereocenters. The van der Waals surface area contributed by atoms with Crippen LogP contribution in [0.25, 0.3) is 11.0 Å². The van der Waals surface area contributed by atoms with E-state index in [-0.39, 0.29) is 18.0 Å². The topological polar surface area (TPSA) is 118 Å². The molecule has 2 N–H and O–H groups in total. The fraction of sp³-hybridized carbons (Fsp3) is 0.536. The van der Waals surface area contributed by atoms with Crippen LogP contribution in [0.2, 0.25) is 0 Å². The minimum Gasteiger partial charge on any atom is -0.441 e. The molecule has 3 aromatic heterocycles. The lowest BCUT2D eigenvalue weighted by molar-refractivity contribution is 0.0653. The van der Waals surface area contributed by atoms with Crippen molar-refractivity contribution in [3.63, 3.8) is 0 Å². The number of hydrogen-bond donors (Lipinski definition) is 2. The highest BCUT2D eigenvalue weighted by Crippen LogP contribution is 2.35. The van der Waals surface area contributed by atoms with Gasteiger partial charge in [-0.2, -0.15) is 4.98 Å². The number of pyridine rings is 1. The summed E-state index contributed by atoms with van der Waals surface area (Å²) in [4.78, 5) is 42.5. The van der Waals surface area contributed by atoms with E-state index in [9.17, 15) is 9.59 Å². The van der Waals surface area contributed by atoms with E-state index >= 15 is 0 Å². The van der Waals surface area contributed by atoms with Crippen LogP contribution in [-0.4, -0.2) is 75.8 Å². The number of fused-ring (bicyclic) bond motifs is 1. The Bertz CT molecular complexity index is 1330. The lowest BCUT2D eigenvalue weighted by Crippen LogP contribution is -2.35. The van der Waals surface area contributed by atoms with Crippen LogP contribution < -0.4 is 15.5 Å². The number of rotatable bonds is 10. The van der Waals surface area contributed by atoms with Gasteiger partial charge in [0.05, 0.1) is 18.4 Å². The molecule has 1 atom stereocenters. The zero-order valence-electron chi connectivity index (χ0n) is 23.2. The van der Waals surface area contributed by atoms with Gasteiger partial charge in [0, 0.05) is 38.1 Å². The van der Waals surface area contributed by atoms with Crippen molar-refractivity contribution in [2.75, 3.05) is 43.9 Å². The molecule has 1 aliphatic carbocycles. The second-order valence-corrected chi connectivity index (χ2v) is 10.9. The Labute approximate surface area is 228 Å². The number of amides is 2. The first-order valence-electron chi connectivity index (χ1n) is 13.8. The average molecular weight is 535 g/mol. The van der Waals surface area contributed by atoms with Gasteiger partial charge in [0.25, 0.3) is 5.91 Å². The van der Waals surface area contributed by atoms with Gasteiger partial charge in [0.15, 0.2) is 0 Å². The molecule has 2 fully saturated rings. The van der Waals surface area contributed by atoms with E-state index in [1.807, 2.05) is 19.1 Å². The monoisotopic (exact) mass is 534 g/mol. The van der Waals surface area contributed by atoms with Crippen LogP contribution in [-0.2, 0) is 4.74 Å². The number of nitrogens with one attached hydrogen (secondary N) is 2. The fourth-order valence-corrected chi connectivity index (χ4v) is 5.41. The van der Waals surface area contributed by atoms with Gasteiger partial charge in [0.2, 0.25) is 5.95 Å². The molecule has 1 saturated carbocycles. The van der Waals surface area contributed by atoms with Crippen LogP contribution in [0, 0.1) is 0 Å². The largest absolute Gasteiger partial charge is 0.441 e. The minimum atomic E-state index is -0.543. The molecule has 0 bridgehead atoms. The van der Waals surface area contributed by atoms with Gasteiger partial charge in [-0.1, -0.05) is 19.8 Å². The highest BCUT2D eigenvalue weighted by Gasteiger charge is 2.41. The maximum atomic E-state index is 12.9. The van der Waals surface area contributed by atoms with Crippen molar-refractivity contribution in [3.05, 3.63) is 36.3 Å². The van der Waals surface area contributed by atoms with Gasteiger partial charge >= 0.3 is 6.09 Å². The van der Waals surface area contributed by atoms with Crippen LogP contribution in [0.5, 0.6) is 0 Å². The number of nitrogens with zero attached hydrogens (tertiary/aromatic N) is 6. The summed E-state index contributed by atoms with van der Waals surface area (Å²) >= 11 is 0. The number of carbonyl (C=O) groups excluding carboxylic acids is 2. The molecule has 11 nitrogen and oxygen atoms in total. The van der Waals surface area contributed by atoms with Crippen molar-refractivity contribution in [2.45, 2.75) is 64.0 Å². The number of carbonyl (C=O) groups is 2. The summed E-state index contributed by atoms with van der Waals surface area (Å²) in [5, 5.41) is 7.38. The van der Waals surface area contributed by atoms with E-state index in [2.05, 4.69) is 32.1 Å². The van der Waals surface area contributed by atoms with E-state index in [1.54, 1.807) is 42.4 Å². The van der Waals surface area contributed by atoms with E-state index in [0.717, 1.165) is 62.6 Å². The third-order valence-corrected chi connectivity index (χ3v) is 7.49.